The second kappa shape index (κ2) is 5.59. The molecular weight excluding hydrogens is 214 g/mol. The highest BCUT2D eigenvalue weighted by Crippen LogP contribution is 2.22. The zero-order chi connectivity index (χ0) is 12.1. The second-order valence-electron chi connectivity index (χ2n) is 4.10. The number of aldehydes is 1. The number of hydrogen-bond acceptors (Lipinski definition) is 4. The highest BCUT2D eigenvalue weighted by Gasteiger charge is 2.23. The monoisotopic (exact) mass is 231 g/mol. The van der Waals surface area contributed by atoms with Gasteiger partial charge in [0.1, 0.15) is 5.69 Å². The van der Waals surface area contributed by atoms with Crippen molar-refractivity contribution in [3.63, 3.8) is 0 Å². The van der Waals surface area contributed by atoms with Gasteiger partial charge >= 0.3 is 0 Å². The lowest BCUT2D eigenvalue weighted by atomic mass is 10.1. The molecule has 1 saturated heterocycles. The van der Waals surface area contributed by atoms with E-state index in [1.807, 2.05) is 18.2 Å². The van der Waals surface area contributed by atoms with Crippen molar-refractivity contribution in [1.29, 1.82) is 0 Å². The Morgan fingerprint density at radius 2 is 2.53 bits per heavy atom. The maximum absolute atomic E-state index is 11.0. The van der Waals surface area contributed by atoms with Gasteiger partial charge in [0.25, 0.3) is 0 Å². The minimum Gasteiger partial charge on any atom is -0.364 e. The number of pyridine rings is 1. The Morgan fingerprint density at radius 1 is 1.65 bits per heavy atom. The maximum atomic E-state index is 11.0. The summed E-state index contributed by atoms with van der Waals surface area (Å²) in [5.41, 5.74) is 1.44. The van der Waals surface area contributed by atoms with E-state index in [1.165, 1.54) is 0 Å². The fraction of sp³-hybridized carbons (Fsp3) is 0.385. The SMILES string of the molecule is C=CCC1CNCCN1c1cccnc1C=O. The summed E-state index contributed by atoms with van der Waals surface area (Å²) in [6.45, 7) is 6.53. The summed E-state index contributed by atoms with van der Waals surface area (Å²) in [5, 5.41) is 3.36. The standard InChI is InChI=1S/C13H17N3O/c1-2-4-11-9-14-7-8-16(11)13-5-3-6-15-12(13)10-17/h2-3,5-6,10-11,14H,1,4,7-9H2. The van der Waals surface area contributed by atoms with Gasteiger partial charge in [0.2, 0.25) is 0 Å². The average Bonchev–Trinajstić information content (AvgIpc) is 2.40. The molecule has 0 bridgehead atoms. The molecule has 90 valence electrons. The average molecular weight is 231 g/mol. The van der Waals surface area contributed by atoms with Crippen molar-refractivity contribution >= 4 is 12.0 Å². The van der Waals surface area contributed by atoms with Crippen molar-refractivity contribution < 1.29 is 4.79 Å². The lowest BCUT2D eigenvalue weighted by Gasteiger charge is -2.37. The van der Waals surface area contributed by atoms with Crippen molar-refractivity contribution in [2.45, 2.75) is 12.5 Å². The van der Waals surface area contributed by atoms with Crippen molar-refractivity contribution in [2.75, 3.05) is 24.5 Å². The fourth-order valence-electron chi connectivity index (χ4n) is 2.22. The van der Waals surface area contributed by atoms with Crippen LogP contribution in [0.2, 0.25) is 0 Å². The minimum atomic E-state index is 0.351. The fourth-order valence-corrected chi connectivity index (χ4v) is 2.22. The Bertz CT molecular complexity index is 405. The lowest BCUT2D eigenvalue weighted by Crippen LogP contribution is -2.51. The van der Waals surface area contributed by atoms with Crippen LogP contribution >= 0.6 is 0 Å². The van der Waals surface area contributed by atoms with Gasteiger partial charge in [-0.1, -0.05) is 6.08 Å². The van der Waals surface area contributed by atoms with Crippen molar-refractivity contribution in [1.82, 2.24) is 10.3 Å². The van der Waals surface area contributed by atoms with Gasteiger partial charge in [-0.3, -0.25) is 9.78 Å². The van der Waals surface area contributed by atoms with Crippen molar-refractivity contribution in [3.8, 4) is 0 Å². The molecule has 1 atom stereocenters. The van der Waals surface area contributed by atoms with Crippen LogP contribution in [-0.4, -0.2) is 36.9 Å². The predicted octanol–water partition coefficient (Wildman–Crippen LogP) is 1.25. The molecule has 1 aromatic heterocycles. The number of anilines is 1. The number of piperazine rings is 1. The topological polar surface area (TPSA) is 45.2 Å². The largest absolute Gasteiger partial charge is 0.364 e. The molecule has 0 aromatic carbocycles. The molecule has 1 aliphatic rings. The van der Waals surface area contributed by atoms with Crippen LogP contribution in [0.25, 0.3) is 0 Å². The minimum absolute atomic E-state index is 0.351. The highest BCUT2D eigenvalue weighted by molar-refractivity contribution is 5.81. The molecule has 1 N–H and O–H groups in total. The molecule has 0 radical (unpaired) electrons. The lowest BCUT2D eigenvalue weighted by molar-refractivity contribution is 0.111. The predicted molar refractivity (Wildman–Crippen MR) is 68.4 cm³/mol. The first-order valence-corrected chi connectivity index (χ1v) is 5.85. The molecule has 0 saturated carbocycles. The van der Waals surface area contributed by atoms with Crippen LogP contribution in [0.4, 0.5) is 5.69 Å². The number of hydrogen-bond donors (Lipinski definition) is 1. The summed E-state index contributed by atoms with van der Waals surface area (Å²) in [5.74, 6) is 0. The Labute approximate surface area is 101 Å². The van der Waals surface area contributed by atoms with Gasteiger partial charge in [-0.25, -0.2) is 0 Å². The van der Waals surface area contributed by atoms with Gasteiger partial charge in [0, 0.05) is 31.9 Å². The van der Waals surface area contributed by atoms with E-state index in [0.29, 0.717) is 11.7 Å². The third-order valence-electron chi connectivity index (χ3n) is 3.03. The van der Waals surface area contributed by atoms with E-state index in [0.717, 1.165) is 38.0 Å². The molecule has 1 aliphatic heterocycles. The van der Waals surface area contributed by atoms with Crippen LogP contribution in [-0.2, 0) is 0 Å². The number of aromatic nitrogens is 1. The number of rotatable bonds is 4. The zero-order valence-corrected chi connectivity index (χ0v) is 9.80. The van der Waals surface area contributed by atoms with E-state index >= 15 is 0 Å². The summed E-state index contributed by atoms with van der Waals surface area (Å²) >= 11 is 0. The third kappa shape index (κ3) is 2.53. The third-order valence-corrected chi connectivity index (χ3v) is 3.03. The van der Waals surface area contributed by atoms with E-state index in [1.54, 1.807) is 6.20 Å². The van der Waals surface area contributed by atoms with Crippen LogP contribution in [0.5, 0.6) is 0 Å². The second-order valence-corrected chi connectivity index (χ2v) is 4.10. The molecule has 2 rings (SSSR count). The van der Waals surface area contributed by atoms with Gasteiger partial charge in [-0.2, -0.15) is 0 Å². The summed E-state index contributed by atoms with van der Waals surface area (Å²) in [7, 11) is 0. The molecule has 2 heterocycles. The molecule has 4 heteroatoms. The van der Waals surface area contributed by atoms with Gasteiger partial charge in [-0.15, -0.1) is 6.58 Å². The number of carbonyl (C=O) groups excluding carboxylic acids is 1. The maximum Gasteiger partial charge on any atom is 0.170 e. The zero-order valence-electron chi connectivity index (χ0n) is 9.80. The molecule has 0 amide bonds. The van der Waals surface area contributed by atoms with Gasteiger partial charge < -0.3 is 10.2 Å². The molecule has 0 aliphatic carbocycles. The molecule has 1 unspecified atom stereocenters. The first-order chi connectivity index (χ1) is 8.36. The quantitative estimate of drug-likeness (QED) is 0.625. The van der Waals surface area contributed by atoms with Crippen LogP contribution in [0, 0.1) is 0 Å². The summed E-state index contributed by atoms with van der Waals surface area (Å²) in [6, 6.07) is 4.18. The van der Waals surface area contributed by atoms with Gasteiger partial charge in [-0.05, 0) is 18.6 Å². The summed E-state index contributed by atoms with van der Waals surface area (Å²) in [4.78, 5) is 17.4. The van der Waals surface area contributed by atoms with Gasteiger partial charge in [0.15, 0.2) is 6.29 Å². The van der Waals surface area contributed by atoms with Crippen LogP contribution < -0.4 is 10.2 Å². The summed E-state index contributed by atoms with van der Waals surface area (Å²) in [6.07, 6.45) is 5.29. The van der Waals surface area contributed by atoms with E-state index in [2.05, 4.69) is 21.8 Å². The molecule has 4 nitrogen and oxygen atoms in total. The molecule has 1 aromatic rings. The molecule has 17 heavy (non-hydrogen) atoms. The highest BCUT2D eigenvalue weighted by atomic mass is 16.1. The molecule has 1 fully saturated rings. The Hall–Kier alpha value is -1.68. The van der Waals surface area contributed by atoms with E-state index in [4.69, 9.17) is 0 Å². The van der Waals surface area contributed by atoms with Crippen molar-refractivity contribution in [2.24, 2.45) is 0 Å². The smallest absolute Gasteiger partial charge is 0.170 e. The normalized spacial score (nSPS) is 20.0. The van der Waals surface area contributed by atoms with E-state index in [9.17, 15) is 4.79 Å². The van der Waals surface area contributed by atoms with E-state index in [-0.39, 0.29) is 0 Å². The van der Waals surface area contributed by atoms with Crippen molar-refractivity contribution in [3.05, 3.63) is 36.7 Å². The molecule has 0 spiro atoms. The number of nitrogens with zero attached hydrogens (tertiary/aromatic N) is 2. The van der Waals surface area contributed by atoms with Crippen LogP contribution in [0.1, 0.15) is 16.9 Å². The molecular formula is C13H17N3O. The van der Waals surface area contributed by atoms with Crippen LogP contribution in [0.15, 0.2) is 31.0 Å². The first-order valence-electron chi connectivity index (χ1n) is 5.85. The van der Waals surface area contributed by atoms with Gasteiger partial charge in [0.05, 0.1) is 5.69 Å². The Morgan fingerprint density at radius 3 is 3.29 bits per heavy atom. The number of nitrogens with one attached hydrogen (secondary N) is 1. The number of carbonyl (C=O) groups is 1. The van der Waals surface area contributed by atoms with Crippen LogP contribution in [0.3, 0.4) is 0 Å². The summed E-state index contributed by atoms with van der Waals surface area (Å²) < 4.78 is 0. The Balaban J connectivity index is 2.28. The van der Waals surface area contributed by atoms with E-state index < -0.39 is 0 Å². The first kappa shape index (κ1) is 11.8. The Kier molecular flexibility index (Phi) is 3.88.